The maximum Gasteiger partial charge on any atom is 0.308 e. The predicted octanol–water partition coefficient (Wildman–Crippen LogP) is 1.52. The summed E-state index contributed by atoms with van der Waals surface area (Å²) in [6, 6.07) is 0. The van der Waals surface area contributed by atoms with Gasteiger partial charge in [0.25, 0.3) is 0 Å². The Bertz CT molecular complexity index is 463. The molecule has 9 heteroatoms. The van der Waals surface area contributed by atoms with Crippen molar-refractivity contribution < 1.29 is 45.3 Å². The third kappa shape index (κ3) is 16.5. The van der Waals surface area contributed by atoms with Crippen molar-refractivity contribution in [2.24, 2.45) is 0 Å². The van der Waals surface area contributed by atoms with Crippen molar-refractivity contribution in [3.63, 3.8) is 0 Å². The molecule has 0 saturated heterocycles. The van der Waals surface area contributed by atoms with E-state index in [1.807, 2.05) is 0 Å². The van der Waals surface area contributed by atoms with Gasteiger partial charge in [0, 0.05) is 6.42 Å². The topological polar surface area (TPSA) is 168 Å². The average Bonchev–Trinajstić information content (AvgIpc) is 2.80. The highest BCUT2D eigenvalue weighted by atomic mass is 16.6. The third-order valence-corrected chi connectivity index (χ3v) is 5.88. The lowest BCUT2D eigenvalue weighted by molar-refractivity contribution is -0.213. The van der Waals surface area contributed by atoms with E-state index in [4.69, 9.17) is 5.11 Å². The monoisotopic (exact) mass is 480 g/mol. The zero-order valence-electron chi connectivity index (χ0n) is 20.2. The van der Waals surface area contributed by atoms with Gasteiger partial charge in [0.15, 0.2) is 0 Å². The molecule has 0 heterocycles. The van der Waals surface area contributed by atoms with Crippen molar-refractivity contribution in [1.82, 2.24) is 0 Å². The maximum atomic E-state index is 11.8. The van der Waals surface area contributed by atoms with Crippen molar-refractivity contribution in [1.29, 1.82) is 0 Å². The van der Waals surface area contributed by atoms with E-state index in [-0.39, 0.29) is 12.5 Å². The van der Waals surface area contributed by atoms with E-state index < -0.39 is 43.3 Å². The minimum absolute atomic E-state index is 0.0534. The lowest BCUT2D eigenvalue weighted by atomic mass is 10.0. The van der Waals surface area contributed by atoms with Crippen LogP contribution in [0.2, 0.25) is 0 Å². The largest absolute Gasteiger partial charge is 0.433 e. The molecule has 0 rings (SSSR count). The first kappa shape index (κ1) is 32.2. The van der Waals surface area contributed by atoms with Crippen LogP contribution in [0, 0.1) is 0 Å². The summed E-state index contributed by atoms with van der Waals surface area (Å²) in [5.41, 5.74) is 0. The molecule has 0 aromatic carbocycles. The molecule has 6 atom stereocenters. The predicted molar refractivity (Wildman–Crippen MR) is 124 cm³/mol. The molecule has 2 unspecified atom stereocenters. The molecule has 0 fully saturated rings. The summed E-state index contributed by atoms with van der Waals surface area (Å²) in [6.45, 7) is 1.34. The highest BCUT2D eigenvalue weighted by molar-refractivity contribution is 5.69. The molecule has 0 aromatic heterocycles. The molecule has 0 aromatic rings. The van der Waals surface area contributed by atoms with Crippen LogP contribution in [-0.4, -0.2) is 85.1 Å². The molecule has 0 bridgehead atoms. The Hall–Kier alpha value is -0.810. The van der Waals surface area contributed by atoms with E-state index in [1.54, 1.807) is 0 Å². The molecular weight excluding hydrogens is 432 g/mol. The zero-order valence-corrected chi connectivity index (χ0v) is 20.2. The van der Waals surface area contributed by atoms with Gasteiger partial charge in [-0.05, 0) is 19.3 Å². The van der Waals surface area contributed by atoms with Gasteiger partial charge in [0.2, 0.25) is 6.29 Å². The van der Waals surface area contributed by atoms with E-state index in [1.165, 1.54) is 19.3 Å². The number of carbonyl (C=O) groups excluding carboxylic acids is 1. The molecule has 0 radical (unpaired) electrons. The second kappa shape index (κ2) is 20.6. The molecule has 0 aliphatic carbocycles. The van der Waals surface area contributed by atoms with Crippen LogP contribution in [0.15, 0.2) is 0 Å². The highest BCUT2D eigenvalue weighted by Gasteiger charge is 2.35. The fourth-order valence-corrected chi connectivity index (χ4v) is 3.63. The molecule has 0 aliphatic heterocycles. The van der Waals surface area contributed by atoms with Gasteiger partial charge in [-0.15, -0.1) is 0 Å². The number of hydrogen-bond acceptors (Lipinski definition) is 9. The van der Waals surface area contributed by atoms with Gasteiger partial charge in [-0.25, -0.2) is 0 Å². The minimum Gasteiger partial charge on any atom is -0.433 e. The summed E-state index contributed by atoms with van der Waals surface area (Å²) in [6.07, 6.45) is 4.63. The molecule has 0 amide bonds. The van der Waals surface area contributed by atoms with Gasteiger partial charge in [-0.1, -0.05) is 77.6 Å². The fraction of sp³-hybridized carbons (Fsp3) is 0.958. The lowest BCUT2D eigenvalue weighted by Gasteiger charge is -2.28. The van der Waals surface area contributed by atoms with Gasteiger partial charge in [-0.3, -0.25) is 4.79 Å². The number of rotatable bonds is 22. The molecular formula is C24H48O9. The van der Waals surface area contributed by atoms with Crippen LogP contribution in [0.25, 0.3) is 0 Å². The van der Waals surface area contributed by atoms with E-state index in [9.17, 15) is 35.4 Å². The summed E-state index contributed by atoms with van der Waals surface area (Å²) in [5.74, 6) is -0.737. The zero-order chi connectivity index (χ0) is 25.1. The van der Waals surface area contributed by atoms with Gasteiger partial charge in [0.05, 0.1) is 12.7 Å². The molecule has 0 spiro atoms. The van der Waals surface area contributed by atoms with Crippen molar-refractivity contribution in [3.05, 3.63) is 0 Å². The molecule has 33 heavy (non-hydrogen) atoms. The number of ether oxygens (including phenoxy) is 1. The summed E-state index contributed by atoms with van der Waals surface area (Å²) in [4.78, 5) is 11.8. The van der Waals surface area contributed by atoms with Crippen LogP contribution in [0.3, 0.4) is 0 Å². The first-order valence-corrected chi connectivity index (χ1v) is 12.6. The lowest BCUT2D eigenvalue weighted by Crippen LogP contribution is -2.50. The third-order valence-electron chi connectivity index (χ3n) is 5.88. The van der Waals surface area contributed by atoms with Crippen LogP contribution < -0.4 is 0 Å². The van der Waals surface area contributed by atoms with E-state index in [2.05, 4.69) is 11.7 Å². The number of aliphatic hydroxyl groups is 7. The Morgan fingerprint density at radius 3 is 1.67 bits per heavy atom. The summed E-state index contributed by atoms with van der Waals surface area (Å²) < 4.78 is 4.66. The van der Waals surface area contributed by atoms with Crippen molar-refractivity contribution in [3.8, 4) is 0 Å². The number of esters is 1. The Kier molecular flexibility index (Phi) is 20.0. The Balaban J connectivity index is 3.68. The SMILES string of the molecule is CCCCCCC(O)CCCCCCCCCCC(=O)OC(O)[C@H](O)[C@H](O)[C@H](O)[C@@H](O)CO. The summed E-state index contributed by atoms with van der Waals surface area (Å²) >= 11 is 0. The molecule has 0 saturated carbocycles. The fourth-order valence-electron chi connectivity index (χ4n) is 3.63. The van der Waals surface area contributed by atoms with Crippen LogP contribution in [0.1, 0.15) is 103 Å². The number of unbranched alkanes of at least 4 members (excludes halogenated alkanes) is 10. The first-order valence-electron chi connectivity index (χ1n) is 12.6. The Morgan fingerprint density at radius 1 is 0.667 bits per heavy atom. The van der Waals surface area contributed by atoms with Gasteiger partial charge in [0.1, 0.15) is 24.4 Å². The Labute approximate surface area is 198 Å². The summed E-state index contributed by atoms with van der Waals surface area (Å²) in [5, 5.41) is 66.5. The van der Waals surface area contributed by atoms with E-state index in [0.717, 1.165) is 64.2 Å². The molecule has 198 valence electrons. The van der Waals surface area contributed by atoms with E-state index in [0.29, 0.717) is 6.42 Å². The number of carbonyl (C=O) groups is 1. The Morgan fingerprint density at radius 2 is 1.15 bits per heavy atom. The number of aliphatic hydroxyl groups excluding tert-OH is 7. The molecule has 0 aliphatic rings. The van der Waals surface area contributed by atoms with Gasteiger partial charge < -0.3 is 40.5 Å². The average molecular weight is 481 g/mol. The van der Waals surface area contributed by atoms with Crippen LogP contribution >= 0.6 is 0 Å². The smallest absolute Gasteiger partial charge is 0.308 e. The number of hydrogen-bond donors (Lipinski definition) is 7. The maximum absolute atomic E-state index is 11.8. The van der Waals surface area contributed by atoms with Crippen LogP contribution in [0.4, 0.5) is 0 Å². The second-order valence-corrected chi connectivity index (χ2v) is 8.97. The standard InChI is InChI=1S/C24H48O9/c1-2-3-4-11-14-18(26)15-12-9-7-5-6-8-10-13-16-20(28)33-24(32)23(31)22(30)21(29)19(27)17-25/h18-19,21-27,29-32H,2-17H2,1H3/t18?,19-,21+,22+,23+,24?/m0/s1. The highest BCUT2D eigenvalue weighted by Crippen LogP contribution is 2.15. The first-order chi connectivity index (χ1) is 15.7. The van der Waals surface area contributed by atoms with Crippen molar-refractivity contribution in [2.45, 2.75) is 140 Å². The van der Waals surface area contributed by atoms with Crippen molar-refractivity contribution >= 4 is 5.97 Å². The summed E-state index contributed by atoms with van der Waals surface area (Å²) in [7, 11) is 0. The van der Waals surface area contributed by atoms with Gasteiger partial charge >= 0.3 is 5.97 Å². The van der Waals surface area contributed by atoms with Gasteiger partial charge in [-0.2, -0.15) is 0 Å². The van der Waals surface area contributed by atoms with Crippen molar-refractivity contribution in [2.75, 3.05) is 6.61 Å². The molecule has 7 N–H and O–H groups in total. The second-order valence-electron chi connectivity index (χ2n) is 8.97. The van der Waals surface area contributed by atoms with Crippen LogP contribution in [0.5, 0.6) is 0 Å². The quantitative estimate of drug-likeness (QED) is 0.0690. The molecule has 9 nitrogen and oxygen atoms in total. The normalized spacial score (nSPS) is 17.2. The van der Waals surface area contributed by atoms with Crippen LogP contribution in [-0.2, 0) is 9.53 Å². The minimum atomic E-state index is -2.05. The van der Waals surface area contributed by atoms with E-state index >= 15 is 0 Å².